The van der Waals surface area contributed by atoms with E-state index in [9.17, 15) is 19.5 Å². The SMILES string of the molecule is CCc1cccc(C)c1NC(=O)CSc1ccc(NC(=O)C2CC=CCC2C(=O)O)cc1. The minimum absolute atomic E-state index is 0.0681. The van der Waals surface area contributed by atoms with E-state index in [-0.39, 0.29) is 17.6 Å². The lowest BCUT2D eigenvalue weighted by atomic mass is 9.82. The average molecular weight is 453 g/mol. The largest absolute Gasteiger partial charge is 0.481 e. The number of anilines is 2. The molecule has 0 aromatic heterocycles. The van der Waals surface area contributed by atoms with Gasteiger partial charge in [-0.25, -0.2) is 0 Å². The Balaban J connectivity index is 1.54. The number of thioether (sulfide) groups is 1. The molecule has 0 saturated carbocycles. The summed E-state index contributed by atoms with van der Waals surface area (Å²) in [5.74, 6) is -2.30. The Morgan fingerprint density at radius 3 is 2.34 bits per heavy atom. The number of allylic oxidation sites excluding steroid dienone is 2. The molecule has 2 amide bonds. The summed E-state index contributed by atoms with van der Waals surface area (Å²) >= 11 is 1.42. The Bertz CT molecular complexity index is 1020. The molecule has 2 aromatic carbocycles. The number of benzene rings is 2. The van der Waals surface area contributed by atoms with Crippen LogP contribution in [0.25, 0.3) is 0 Å². The van der Waals surface area contributed by atoms with Gasteiger partial charge in [-0.05, 0) is 61.6 Å². The fraction of sp³-hybridized carbons (Fsp3) is 0.320. The van der Waals surface area contributed by atoms with Gasteiger partial charge >= 0.3 is 5.97 Å². The van der Waals surface area contributed by atoms with Crippen LogP contribution in [0, 0.1) is 18.8 Å². The molecule has 32 heavy (non-hydrogen) atoms. The van der Waals surface area contributed by atoms with E-state index in [2.05, 4.69) is 17.6 Å². The predicted molar refractivity (Wildman–Crippen MR) is 128 cm³/mol. The van der Waals surface area contributed by atoms with E-state index in [4.69, 9.17) is 0 Å². The van der Waals surface area contributed by atoms with Crippen LogP contribution in [0.5, 0.6) is 0 Å². The standard InChI is InChI=1S/C25H28N2O4S/c1-3-17-8-6-7-16(2)23(17)27-22(28)15-32-19-13-11-18(12-14-19)26-24(29)20-9-4-5-10-21(20)25(30)31/h4-8,11-14,20-21H,3,9-10,15H2,1-2H3,(H,26,29)(H,27,28)(H,30,31). The molecule has 0 bridgehead atoms. The van der Waals surface area contributed by atoms with Gasteiger partial charge in [-0.15, -0.1) is 11.8 Å². The quantitative estimate of drug-likeness (QED) is 0.391. The van der Waals surface area contributed by atoms with Gasteiger partial charge in [-0.3, -0.25) is 14.4 Å². The summed E-state index contributed by atoms with van der Waals surface area (Å²) in [6.45, 7) is 4.05. The molecule has 1 aliphatic rings. The van der Waals surface area contributed by atoms with Crippen molar-refractivity contribution >= 4 is 40.9 Å². The number of rotatable bonds is 8. The first-order chi connectivity index (χ1) is 15.4. The highest BCUT2D eigenvalue weighted by atomic mass is 32.2. The lowest BCUT2D eigenvalue weighted by molar-refractivity contribution is -0.146. The summed E-state index contributed by atoms with van der Waals surface area (Å²) in [5, 5.41) is 15.2. The number of amides is 2. The lowest BCUT2D eigenvalue weighted by Gasteiger charge is -2.24. The second-order valence-corrected chi connectivity index (χ2v) is 8.86. The van der Waals surface area contributed by atoms with Crippen molar-refractivity contribution in [2.24, 2.45) is 11.8 Å². The summed E-state index contributed by atoms with van der Waals surface area (Å²) in [7, 11) is 0. The van der Waals surface area contributed by atoms with E-state index in [1.165, 1.54) is 11.8 Å². The number of carboxylic acid groups (broad SMARTS) is 1. The number of aryl methyl sites for hydroxylation is 2. The summed E-state index contributed by atoms with van der Waals surface area (Å²) in [6.07, 6.45) is 5.31. The van der Waals surface area contributed by atoms with Crippen LogP contribution in [0.15, 0.2) is 59.5 Å². The second kappa shape index (κ2) is 11.0. The van der Waals surface area contributed by atoms with Crippen LogP contribution >= 0.6 is 11.8 Å². The topological polar surface area (TPSA) is 95.5 Å². The number of carbonyl (C=O) groups is 3. The van der Waals surface area contributed by atoms with Crippen LogP contribution in [0.4, 0.5) is 11.4 Å². The van der Waals surface area contributed by atoms with Crippen molar-refractivity contribution < 1.29 is 19.5 Å². The van der Waals surface area contributed by atoms with Gasteiger partial charge in [0.15, 0.2) is 0 Å². The molecular formula is C25H28N2O4S. The first kappa shape index (κ1) is 23.6. The van der Waals surface area contributed by atoms with Crippen LogP contribution in [-0.4, -0.2) is 28.6 Å². The van der Waals surface area contributed by atoms with Crippen LogP contribution in [-0.2, 0) is 20.8 Å². The van der Waals surface area contributed by atoms with Crippen LogP contribution in [0.3, 0.4) is 0 Å². The van der Waals surface area contributed by atoms with Gasteiger partial charge in [0.2, 0.25) is 11.8 Å². The summed E-state index contributed by atoms with van der Waals surface area (Å²) in [4.78, 5) is 37.3. The molecule has 7 heteroatoms. The first-order valence-corrected chi connectivity index (χ1v) is 11.7. The minimum Gasteiger partial charge on any atom is -0.481 e. The Morgan fingerprint density at radius 2 is 1.69 bits per heavy atom. The fourth-order valence-electron chi connectivity index (χ4n) is 3.77. The van der Waals surface area contributed by atoms with Crippen molar-refractivity contribution in [2.45, 2.75) is 38.0 Å². The van der Waals surface area contributed by atoms with Crippen molar-refractivity contribution in [3.05, 3.63) is 65.7 Å². The third kappa shape index (κ3) is 6.01. The second-order valence-electron chi connectivity index (χ2n) is 7.81. The number of hydrogen-bond acceptors (Lipinski definition) is 4. The highest BCUT2D eigenvalue weighted by Gasteiger charge is 2.33. The monoisotopic (exact) mass is 452 g/mol. The van der Waals surface area contributed by atoms with Crippen molar-refractivity contribution in [1.82, 2.24) is 0 Å². The third-order valence-corrected chi connectivity index (χ3v) is 6.59. The maximum atomic E-state index is 12.6. The van der Waals surface area contributed by atoms with Gasteiger partial charge in [-0.2, -0.15) is 0 Å². The van der Waals surface area contributed by atoms with Crippen LogP contribution < -0.4 is 10.6 Å². The lowest BCUT2D eigenvalue weighted by Crippen LogP contribution is -2.34. The molecule has 3 N–H and O–H groups in total. The maximum absolute atomic E-state index is 12.6. The van der Waals surface area contributed by atoms with Gasteiger partial charge in [-0.1, -0.05) is 37.3 Å². The van der Waals surface area contributed by atoms with Gasteiger partial charge in [0.25, 0.3) is 0 Å². The van der Waals surface area contributed by atoms with Crippen LogP contribution in [0.1, 0.15) is 30.9 Å². The molecule has 168 valence electrons. The molecule has 0 radical (unpaired) electrons. The number of aliphatic carboxylic acids is 1. The molecule has 0 spiro atoms. The molecule has 2 unspecified atom stereocenters. The van der Waals surface area contributed by atoms with Crippen molar-refractivity contribution in [3.63, 3.8) is 0 Å². The molecule has 0 fully saturated rings. The molecule has 2 aromatic rings. The van der Waals surface area contributed by atoms with E-state index in [1.54, 1.807) is 12.1 Å². The highest BCUT2D eigenvalue weighted by Crippen LogP contribution is 2.28. The normalized spacial score (nSPS) is 17.6. The summed E-state index contributed by atoms with van der Waals surface area (Å²) in [6, 6.07) is 13.2. The Kier molecular flexibility index (Phi) is 8.11. The molecule has 6 nitrogen and oxygen atoms in total. The first-order valence-electron chi connectivity index (χ1n) is 10.7. The van der Waals surface area contributed by atoms with Crippen LogP contribution in [0.2, 0.25) is 0 Å². The Labute approximate surface area is 192 Å². The number of carboxylic acids is 1. The maximum Gasteiger partial charge on any atom is 0.307 e. The number of hydrogen-bond donors (Lipinski definition) is 3. The number of carbonyl (C=O) groups excluding carboxylic acids is 2. The van der Waals surface area contributed by atoms with E-state index in [0.717, 1.165) is 28.1 Å². The molecule has 0 saturated heterocycles. The molecule has 3 rings (SSSR count). The third-order valence-electron chi connectivity index (χ3n) is 5.58. The number of nitrogens with one attached hydrogen (secondary N) is 2. The Morgan fingerprint density at radius 1 is 1.00 bits per heavy atom. The zero-order chi connectivity index (χ0) is 23.1. The van der Waals surface area contributed by atoms with E-state index < -0.39 is 17.8 Å². The zero-order valence-corrected chi connectivity index (χ0v) is 19.1. The average Bonchev–Trinajstić information content (AvgIpc) is 2.79. The van der Waals surface area contributed by atoms with Crippen molar-refractivity contribution in [1.29, 1.82) is 0 Å². The minimum atomic E-state index is -0.948. The molecule has 2 atom stereocenters. The number of para-hydroxylation sites is 1. The molecular weight excluding hydrogens is 424 g/mol. The zero-order valence-electron chi connectivity index (χ0n) is 18.3. The Hall–Kier alpha value is -3.06. The van der Waals surface area contributed by atoms with Gasteiger partial charge < -0.3 is 15.7 Å². The smallest absolute Gasteiger partial charge is 0.307 e. The predicted octanol–water partition coefficient (Wildman–Crippen LogP) is 4.89. The summed E-state index contributed by atoms with van der Waals surface area (Å²) < 4.78 is 0. The summed E-state index contributed by atoms with van der Waals surface area (Å²) in [5.41, 5.74) is 3.65. The molecule has 0 heterocycles. The van der Waals surface area contributed by atoms with E-state index >= 15 is 0 Å². The highest BCUT2D eigenvalue weighted by molar-refractivity contribution is 8.00. The van der Waals surface area contributed by atoms with Gasteiger partial charge in [0, 0.05) is 16.3 Å². The molecule has 0 aliphatic heterocycles. The van der Waals surface area contributed by atoms with E-state index in [0.29, 0.717) is 18.5 Å². The van der Waals surface area contributed by atoms with Gasteiger partial charge in [0.1, 0.15) is 0 Å². The van der Waals surface area contributed by atoms with Crippen molar-refractivity contribution in [2.75, 3.05) is 16.4 Å². The fourth-order valence-corrected chi connectivity index (χ4v) is 4.47. The van der Waals surface area contributed by atoms with E-state index in [1.807, 2.05) is 49.4 Å². The molecule has 1 aliphatic carbocycles. The van der Waals surface area contributed by atoms with Gasteiger partial charge in [0.05, 0.1) is 17.6 Å². The van der Waals surface area contributed by atoms with Crippen molar-refractivity contribution in [3.8, 4) is 0 Å².